The molecule has 3 rings (SSSR count). The van der Waals surface area contributed by atoms with Gasteiger partial charge < -0.3 is 5.11 Å². The van der Waals surface area contributed by atoms with Gasteiger partial charge in [0.05, 0.1) is 5.69 Å². The molecule has 3 heteroatoms. The van der Waals surface area contributed by atoms with Gasteiger partial charge >= 0.3 is 0 Å². The molecule has 3 nitrogen and oxygen atoms in total. The van der Waals surface area contributed by atoms with Gasteiger partial charge in [-0.25, -0.2) is 0 Å². The number of hydrogen-bond donors (Lipinski definition) is 1. The number of phenols is 1. The summed E-state index contributed by atoms with van der Waals surface area (Å²) in [4.78, 5) is 0. The molecule has 21 heavy (non-hydrogen) atoms. The van der Waals surface area contributed by atoms with E-state index in [0.717, 1.165) is 22.0 Å². The summed E-state index contributed by atoms with van der Waals surface area (Å²) in [5, 5.41) is 20.5. The highest BCUT2D eigenvalue weighted by atomic mass is 16.3. The van der Waals surface area contributed by atoms with Crippen LogP contribution in [0.4, 0.5) is 11.4 Å². The van der Waals surface area contributed by atoms with Crippen molar-refractivity contribution in [2.75, 3.05) is 0 Å². The monoisotopic (exact) mass is 276 g/mol. The van der Waals surface area contributed by atoms with Gasteiger partial charge in [0.15, 0.2) is 0 Å². The molecule has 0 amide bonds. The van der Waals surface area contributed by atoms with Crippen LogP contribution >= 0.6 is 0 Å². The molecular formula is C18H16N2O. The minimum absolute atomic E-state index is 0.141. The lowest BCUT2D eigenvalue weighted by atomic mass is 10.1. The van der Waals surface area contributed by atoms with Crippen LogP contribution < -0.4 is 0 Å². The molecule has 3 aromatic carbocycles. The van der Waals surface area contributed by atoms with Crippen LogP contribution in [0.1, 0.15) is 11.1 Å². The lowest BCUT2D eigenvalue weighted by Crippen LogP contribution is -1.77. The maximum absolute atomic E-state index is 10.0. The van der Waals surface area contributed by atoms with Crippen LogP contribution in [0.2, 0.25) is 0 Å². The third-order valence-corrected chi connectivity index (χ3v) is 3.49. The summed E-state index contributed by atoms with van der Waals surface area (Å²) < 4.78 is 0. The molecule has 0 radical (unpaired) electrons. The highest BCUT2D eigenvalue weighted by Gasteiger charge is 2.06. The lowest BCUT2D eigenvalue weighted by molar-refractivity contribution is 0.477. The molecule has 0 fully saturated rings. The van der Waals surface area contributed by atoms with Crippen molar-refractivity contribution in [3.63, 3.8) is 0 Å². The van der Waals surface area contributed by atoms with E-state index in [2.05, 4.69) is 16.3 Å². The Morgan fingerprint density at radius 1 is 0.857 bits per heavy atom. The second-order valence-corrected chi connectivity index (χ2v) is 5.14. The SMILES string of the molecule is Cc1ccc(N=Nc2c(O)ccc3ccccc23)c(C)c1. The first-order chi connectivity index (χ1) is 10.1. The van der Waals surface area contributed by atoms with Crippen molar-refractivity contribution in [2.45, 2.75) is 13.8 Å². The number of nitrogens with zero attached hydrogens (tertiary/aromatic N) is 2. The minimum atomic E-state index is 0.141. The van der Waals surface area contributed by atoms with Gasteiger partial charge in [-0.1, -0.05) is 48.0 Å². The van der Waals surface area contributed by atoms with Crippen LogP contribution in [0.15, 0.2) is 64.8 Å². The molecule has 0 saturated carbocycles. The van der Waals surface area contributed by atoms with Gasteiger partial charge in [-0.3, -0.25) is 0 Å². The fourth-order valence-corrected chi connectivity index (χ4v) is 2.37. The van der Waals surface area contributed by atoms with E-state index in [1.54, 1.807) is 6.07 Å². The third-order valence-electron chi connectivity index (χ3n) is 3.49. The second kappa shape index (κ2) is 5.37. The third kappa shape index (κ3) is 2.63. The van der Waals surface area contributed by atoms with Crippen LogP contribution in [0.3, 0.4) is 0 Å². The van der Waals surface area contributed by atoms with E-state index in [-0.39, 0.29) is 5.75 Å². The Morgan fingerprint density at radius 3 is 2.48 bits per heavy atom. The number of aryl methyl sites for hydroxylation is 2. The molecule has 1 N–H and O–H groups in total. The molecule has 0 atom stereocenters. The van der Waals surface area contributed by atoms with Crippen molar-refractivity contribution < 1.29 is 5.11 Å². The zero-order valence-corrected chi connectivity index (χ0v) is 12.0. The average Bonchev–Trinajstić information content (AvgIpc) is 2.48. The Kier molecular flexibility index (Phi) is 3.40. The van der Waals surface area contributed by atoms with Crippen molar-refractivity contribution in [3.05, 3.63) is 65.7 Å². The number of aromatic hydroxyl groups is 1. The van der Waals surface area contributed by atoms with E-state index < -0.39 is 0 Å². The van der Waals surface area contributed by atoms with Crippen molar-refractivity contribution in [2.24, 2.45) is 10.2 Å². The van der Waals surface area contributed by atoms with Gasteiger partial charge in [0, 0.05) is 5.39 Å². The normalized spacial score (nSPS) is 11.3. The number of hydrogen-bond acceptors (Lipinski definition) is 3. The number of fused-ring (bicyclic) bond motifs is 1. The molecular weight excluding hydrogens is 260 g/mol. The Balaban J connectivity index is 2.09. The van der Waals surface area contributed by atoms with Crippen molar-refractivity contribution in [3.8, 4) is 5.75 Å². The summed E-state index contributed by atoms with van der Waals surface area (Å²) in [6.45, 7) is 4.05. The Hall–Kier alpha value is -2.68. The molecule has 104 valence electrons. The van der Waals surface area contributed by atoms with Gasteiger partial charge in [0.25, 0.3) is 0 Å². The lowest BCUT2D eigenvalue weighted by Gasteiger charge is -2.04. The molecule has 0 heterocycles. The summed E-state index contributed by atoms with van der Waals surface area (Å²) >= 11 is 0. The number of phenolic OH excluding ortho intramolecular Hbond substituents is 1. The van der Waals surface area contributed by atoms with Gasteiger partial charge in [-0.2, -0.15) is 5.11 Å². The largest absolute Gasteiger partial charge is 0.506 e. The molecule has 0 bridgehead atoms. The molecule has 0 unspecified atom stereocenters. The van der Waals surface area contributed by atoms with Gasteiger partial charge in [-0.15, -0.1) is 5.11 Å². The van der Waals surface area contributed by atoms with E-state index in [0.29, 0.717) is 5.69 Å². The van der Waals surface area contributed by atoms with E-state index in [9.17, 15) is 5.11 Å². The first-order valence-electron chi connectivity index (χ1n) is 6.85. The van der Waals surface area contributed by atoms with Crippen LogP contribution in [0.5, 0.6) is 5.75 Å². The standard InChI is InChI=1S/C18H16N2O/c1-12-7-9-16(13(2)11-12)19-20-18-15-6-4-3-5-14(15)8-10-17(18)21/h3-11,21H,1-2H3. The maximum atomic E-state index is 10.0. The van der Waals surface area contributed by atoms with Crippen molar-refractivity contribution in [1.29, 1.82) is 0 Å². The van der Waals surface area contributed by atoms with Crippen LogP contribution in [0.25, 0.3) is 10.8 Å². The zero-order chi connectivity index (χ0) is 14.8. The molecule has 0 saturated heterocycles. The fraction of sp³-hybridized carbons (Fsp3) is 0.111. The average molecular weight is 276 g/mol. The van der Waals surface area contributed by atoms with Crippen LogP contribution in [0, 0.1) is 13.8 Å². The van der Waals surface area contributed by atoms with Crippen LogP contribution in [-0.2, 0) is 0 Å². The van der Waals surface area contributed by atoms with Gasteiger partial charge in [-0.05, 0) is 36.9 Å². The minimum Gasteiger partial charge on any atom is -0.506 e. The quantitative estimate of drug-likeness (QED) is 0.610. The zero-order valence-electron chi connectivity index (χ0n) is 12.0. The Morgan fingerprint density at radius 2 is 1.67 bits per heavy atom. The van der Waals surface area contributed by atoms with Gasteiger partial charge in [0.1, 0.15) is 11.4 Å². The highest BCUT2D eigenvalue weighted by Crippen LogP contribution is 2.36. The Bertz CT molecular complexity index is 838. The van der Waals surface area contributed by atoms with E-state index in [4.69, 9.17) is 0 Å². The smallest absolute Gasteiger partial charge is 0.143 e. The maximum Gasteiger partial charge on any atom is 0.143 e. The second-order valence-electron chi connectivity index (χ2n) is 5.14. The summed E-state index contributed by atoms with van der Waals surface area (Å²) in [5.41, 5.74) is 3.58. The fourth-order valence-electron chi connectivity index (χ4n) is 2.37. The van der Waals surface area contributed by atoms with E-state index >= 15 is 0 Å². The molecule has 0 aromatic heterocycles. The summed E-state index contributed by atoms with van der Waals surface area (Å²) in [7, 11) is 0. The summed E-state index contributed by atoms with van der Waals surface area (Å²) in [6, 6.07) is 17.4. The molecule has 0 aliphatic rings. The highest BCUT2D eigenvalue weighted by molar-refractivity contribution is 5.95. The molecule has 0 spiro atoms. The molecule has 3 aromatic rings. The predicted molar refractivity (Wildman–Crippen MR) is 85.7 cm³/mol. The van der Waals surface area contributed by atoms with Crippen LogP contribution in [-0.4, -0.2) is 5.11 Å². The summed E-state index contributed by atoms with van der Waals surface area (Å²) in [6.07, 6.45) is 0. The van der Waals surface area contributed by atoms with E-state index in [1.165, 1.54) is 5.56 Å². The first kappa shape index (κ1) is 13.3. The number of azo groups is 1. The predicted octanol–water partition coefficient (Wildman–Crippen LogP) is 5.58. The topological polar surface area (TPSA) is 45.0 Å². The Labute approximate surface area is 123 Å². The molecule has 0 aliphatic carbocycles. The van der Waals surface area contributed by atoms with Gasteiger partial charge in [0.2, 0.25) is 0 Å². The first-order valence-corrected chi connectivity index (χ1v) is 6.85. The molecule has 0 aliphatic heterocycles. The van der Waals surface area contributed by atoms with Crippen molar-refractivity contribution in [1.82, 2.24) is 0 Å². The number of benzene rings is 3. The van der Waals surface area contributed by atoms with Crippen molar-refractivity contribution >= 4 is 22.1 Å². The number of rotatable bonds is 2. The summed E-state index contributed by atoms with van der Waals surface area (Å²) in [5.74, 6) is 0.141. The van der Waals surface area contributed by atoms with E-state index in [1.807, 2.05) is 56.3 Å².